The highest BCUT2D eigenvalue weighted by atomic mass is 32.1. The van der Waals surface area contributed by atoms with E-state index in [4.69, 9.17) is 14.2 Å². The van der Waals surface area contributed by atoms with Crippen LogP contribution in [0.5, 0.6) is 5.75 Å². The van der Waals surface area contributed by atoms with Crippen molar-refractivity contribution in [2.24, 2.45) is 0 Å². The second kappa shape index (κ2) is 9.67. The molecule has 0 unspecified atom stereocenters. The van der Waals surface area contributed by atoms with Gasteiger partial charge in [0.15, 0.2) is 0 Å². The van der Waals surface area contributed by atoms with Crippen LogP contribution >= 0.6 is 11.3 Å². The normalized spacial score (nSPS) is 11.0. The van der Waals surface area contributed by atoms with Gasteiger partial charge < -0.3 is 14.2 Å². The molecule has 2 heterocycles. The van der Waals surface area contributed by atoms with E-state index in [0.29, 0.717) is 29.3 Å². The molecule has 0 radical (unpaired) electrons. The zero-order chi connectivity index (χ0) is 20.8. The van der Waals surface area contributed by atoms with Crippen molar-refractivity contribution < 1.29 is 19.0 Å². The van der Waals surface area contributed by atoms with Crippen LogP contribution in [-0.2, 0) is 20.8 Å². The largest absolute Gasteiger partial charge is 0.497 e. The van der Waals surface area contributed by atoms with Gasteiger partial charge in [-0.25, -0.2) is 4.98 Å². The average molecular weight is 416 g/mol. The number of rotatable bonds is 9. The summed E-state index contributed by atoms with van der Waals surface area (Å²) in [5.41, 5.74) is 1.43. The number of benzene rings is 1. The molecule has 7 nitrogen and oxygen atoms in total. The molecule has 2 aromatic heterocycles. The summed E-state index contributed by atoms with van der Waals surface area (Å²) in [4.78, 5) is 30.5. The van der Waals surface area contributed by atoms with Gasteiger partial charge in [-0.3, -0.25) is 14.2 Å². The van der Waals surface area contributed by atoms with E-state index in [9.17, 15) is 9.59 Å². The van der Waals surface area contributed by atoms with Crippen LogP contribution in [0.15, 0.2) is 34.4 Å². The predicted molar refractivity (Wildman–Crippen MR) is 113 cm³/mol. The van der Waals surface area contributed by atoms with Crippen LogP contribution in [0, 0.1) is 6.92 Å². The number of ether oxygens (including phenoxy) is 3. The molecule has 0 aliphatic carbocycles. The third kappa shape index (κ3) is 4.83. The molecule has 0 aliphatic rings. The summed E-state index contributed by atoms with van der Waals surface area (Å²) in [5.74, 6) is 0.729. The molecular weight excluding hydrogens is 392 g/mol. The molecule has 154 valence electrons. The van der Waals surface area contributed by atoms with Crippen LogP contribution in [-0.4, -0.2) is 42.5 Å². The lowest BCUT2D eigenvalue weighted by molar-refractivity contribution is -0.146. The highest BCUT2D eigenvalue weighted by molar-refractivity contribution is 7.17. The molecule has 29 heavy (non-hydrogen) atoms. The first-order chi connectivity index (χ1) is 14.0. The van der Waals surface area contributed by atoms with E-state index < -0.39 is 5.97 Å². The number of methoxy groups -OCH3 is 1. The van der Waals surface area contributed by atoms with Crippen molar-refractivity contribution in [3.05, 3.63) is 45.8 Å². The number of fused-ring (bicyclic) bond motifs is 1. The first-order valence-corrected chi connectivity index (χ1v) is 10.3. The fourth-order valence-corrected chi connectivity index (χ4v) is 3.91. The molecule has 0 saturated heterocycles. The van der Waals surface area contributed by atoms with E-state index in [1.165, 1.54) is 15.9 Å². The number of hydrogen-bond acceptors (Lipinski definition) is 7. The van der Waals surface area contributed by atoms with Crippen molar-refractivity contribution in [2.45, 2.75) is 26.8 Å². The van der Waals surface area contributed by atoms with Crippen molar-refractivity contribution in [3.8, 4) is 16.9 Å². The van der Waals surface area contributed by atoms with Gasteiger partial charge in [0.05, 0.1) is 19.1 Å². The minimum Gasteiger partial charge on any atom is -0.497 e. The van der Waals surface area contributed by atoms with Gasteiger partial charge in [0.1, 0.15) is 29.6 Å². The van der Waals surface area contributed by atoms with Gasteiger partial charge in [0.2, 0.25) is 0 Å². The summed E-state index contributed by atoms with van der Waals surface area (Å²) in [7, 11) is 1.61. The lowest BCUT2D eigenvalue weighted by atomic mass is 10.1. The Morgan fingerprint density at radius 1 is 1.17 bits per heavy atom. The first-order valence-electron chi connectivity index (χ1n) is 9.41. The van der Waals surface area contributed by atoms with E-state index in [0.717, 1.165) is 23.3 Å². The monoisotopic (exact) mass is 416 g/mol. The SMILES string of the molecule is CCCOCCOC(=O)Cn1c(C)nc2scc(-c3ccc(OC)cc3)c2c1=O. The maximum atomic E-state index is 13.2. The smallest absolute Gasteiger partial charge is 0.326 e. The van der Waals surface area contributed by atoms with E-state index in [1.807, 2.05) is 36.6 Å². The first kappa shape index (κ1) is 21.0. The molecular formula is C21H24N2O5S. The fourth-order valence-electron chi connectivity index (χ4n) is 2.93. The number of carbonyl (C=O) groups excluding carboxylic acids is 1. The van der Waals surface area contributed by atoms with Gasteiger partial charge in [-0.1, -0.05) is 19.1 Å². The Hall–Kier alpha value is -2.71. The summed E-state index contributed by atoms with van der Waals surface area (Å²) in [6.45, 7) is 4.68. The Balaban J connectivity index is 1.85. The van der Waals surface area contributed by atoms with Gasteiger partial charge >= 0.3 is 5.97 Å². The molecule has 0 amide bonds. The van der Waals surface area contributed by atoms with Crippen LogP contribution in [0.25, 0.3) is 21.3 Å². The Labute approximate surface area is 172 Å². The molecule has 1 aromatic carbocycles. The topological polar surface area (TPSA) is 79.7 Å². The lowest BCUT2D eigenvalue weighted by Crippen LogP contribution is -2.28. The highest BCUT2D eigenvalue weighted by Crippen LogP contribution is 2.31. The Morgan fingerprint density at radius 3 is 2.62 bits per heavy atom. The molecule has 0 bridgehead atoms. The van der Waals surface area contributed by atoms with Crippen LogP contribution in [0.3, 0.4) is 0 Å². The minimum atomic E-state index is -0.488. The van der Waals surface area contributed by atoms with E-state index in [2.05, 4.69) is 4.98 Å². The molecule has 0 spiro atoms. The van der Waals surface area contributed by atoms with Crippen molar-refractivity contribution in [1.29, 1.82) is 0 Å². The Bertz CT molecular complexity index is 1040. The van der Waals surface area contributed by atoms with Gasteiger partial charge in [-0.2, -0.15) is 0 Å². The summed E-state index contributed by atoms with van der Waals surface area (Å²) < 4.78 is 17.0. The number of aromatic nitrogens is 2. The zero-order valence-corrected chi connectivity index (χ0v) is 17.6. The van der Waals surface area contributed by atoms with Gasteiger partial charge in [-0.05, 0) is 31.0 Å². The number of esters is 1. The van der Waals surface area contributed by atoms with Crippen LogP contribution in [0.4, 0.5) is 0 Å². The van der Waals surface area contributed by atoms with Gasteiger partial charge in [-0.15, -0.1) is 11.3 Å². The number of aryl methyl sites for hydroxylation is 1. The fraction of sp³-hybridized carbons (Fsp3) is 0.381. The molecule has 3 rings (SSSR count). The van der Waals surface area contributed by atoms with Crippen LogP contribution in [0.2, 0.25) is 0 Å². The number of nitrogens with zero attached hydrogens (tertiary/aromatic N) is 2. The van der Waals surface area contributed by atoms with Gasteiger partial charge in [0, 0.05) is 17.6 Å². The summed E-state index contributed by atoms with van der Waals surface area (Å²) >= 11 is 1.41. The molecule has 8 heteroatoms. The van der Waals surface area contributed by atoms with E-state index in [-0.39, 0.29) is 18.7 Å². The molecule has 0 N–H and O–H groups in total. The standard InChI is InChI=1S/C21H24N2O5S/c1-4-9-27-10-11-28-18(24)12-23-14(2)22-20-19(21(23)25)17(13-29-20)15-5-7-16(26-3)8-6-15/h5-8,13H,4,9-12H2,1-3H3. The second-order valence-electron chi connectivity index (χ2n) is 6.44. The maximum absolute atomic E-state index is 13.2. The number of thiophene rings is 1. The minimum absolute atomic E-state index is 0.165. The molecule has 0 aliphatic heterocycles. The quantitative estimate of drug-likeness (QED) is 0.393. The molecule has 0 atom stereocenters. The predicted octanol–water partition coefficient (Wildman–Crippen LogP) is 3.41. The summed E-state index contributed by atoms with van der Waals surface area (Å²) in [6.07, 6.45) is 0.908. The zero-order valence-electron chi connectivity index (χ0n) is 16.8. The molecule has 3 aromatic rings. The van der Waals surface area contributed by atoms with Crippen molar-refractivity contribution >= 4 is 27.5 Å². The average Bonchev–Trinajstić information content (AvgIpc) is 3.15. The lowest BCUT2D eigenvalue weighted by Gasteiger charge is -2.10. The number of carbonyl (C=O) groups is 1. The third-order valence-electron chi connectivity index (χ3n) is 4.41. The van der Waals surface area contributed by atoms with Gasteiger partial charge in [0.25, 0.3) is 5.56 Å². The Morgan fingerprint density at radius 2 is 1.93 bits per heavy atom. The van der Waals surface area contributed by atoms with Crippen molar-refractivity contribution in [3.63, 3.8) is 0 Å². The van der Waals surface area contributed by atoms with Crippen molar-refractivity contribution in [2.75, 3.05) is 26.9 Å². The van der Waals surface area contributed by atoms with E-state index >= 15 is 0 Å². The summed E-state index contributed by atoms with van der Waals surface area (Å²) in [6, 6.07) is 7.48. The number of hydrogen-bond donors (Lipinski definition) is 0. The van der Waals surface area contributed by atoms with Crippen LogP contribution < -0.4 is 10.3 Å². The molecule has 0 fully saturated rings. The van der Waals surface area contributed by atoms with E-state index in [1.54, 1.807) is 14.0 Å². The third-order valence-corrected chi connectivity index (χ3v) is 5.28. The summed E-state index contributed by atoms with van der Waals surface area (Å²) in [5, 5.41) is 2.42. The molecule has 0 saturated carbocycles. The second-order valence-corrected chi connectivity index (χ2v) is 7.30. The van der Waals surface area contributed by atoms with Crippen molar-refractivity contribution in [1.82, 2.24) is 9.55 Å². The highest BCUT2D eigenvalue weighted by Gasteiger charge is 2.17. The Kier molecular flexibility index (Phi) is 7.00. The van der Waals surface area contributed by atoms with Crippen LogP contribution in [0.1, 0.15) is 19.2 Å². The maximum Gasteiger partial charge on any atom is 0.326 e.